The summed E-state index contributed by atoms with van der Waals surface area (Å²) in [4.78, 5) is 94.4. The molecule has 3 aliphatic heterocycles. The number of nitrogens with one attached hydrogen (secondary N) is 3. The first kappa shape index (κ1) is 97.3. The van der Waals surface area contributed by atoms with Gasteiger partial charge in [0.25, 0.3) is 17.7 Å². The Bertz CT molecular complexity index is 6360. The second-order valence-electron chi connectivity index (χ2n) is 30.3. The summed E-state index contributed by atoms with van der Waals surface area (Å²) in [5.41, 5.74) is 4.74. The molecule has 6 heterocycles. The molecule has 3 amide bonds. The second kappa shape index (κ2) is 42.6. The number of morpholine rings is 3. The third-order valence-electron chi connectivity index (χ3n) is 22.2. The normalized spacial score (nSPS) is 15.1. The van der Waals surface area contributed by atoms with E-state index in [-0.39, 0.29) is 45.6 Å². The molecule has 0 saturated carbocycles. The molecule has 3 N–H and O–H groups in total. The van der Waals surface area contributed by atoms with E-state index >= 15 is 26.3 Å². The summed E-state index contributed by atoms with van der Waals surface area (Å²) < 4.78 is 202. The minimum Gasteiger partial charge on any atom is -0.467 e. The van der Waals surface area contributed by atoms with Crippen LogP contribution in [0, 0.1) is 68.9 Å². The molecule has 39 heteroatoms. The maximum Gasteiger partial charge on any atom is 0.411 e. The lowest BCUT2D eigenvalue weighted by Gasteiger charge is -2.38. The van der Waals surface area contributed by atoms with Gasteiger partial charge in [0.15, 0.2) is 0 Å². The number of fused-ring (bicyclic) bond motifs is 3. The number of anilines is 3. The molecule has 0 radical (unpaired) electrons. The molecule has 0 aliphatic carbocycles. The van der Waals surface area contributed by atoms with Gasteiger partial charge in [0, 0.05) is 146 Å². The third kappa shape index (κ3) is 21.9. The molecule has 24 nitrogen and oxygen atoms in total. The number of aromatic nitrogens is 3. The lowest BCUT2D eigenvalue weighted by atomic mass is 9.94. The Balaban J connectivity index is 0.000000171. The molecule has 134 heavy (non-hydrogen) atoms. The van der Waals surface area contributed by atoms with Crippen LogP contribution >= 0.6 is 34.8 Å². The summed E-state index contributed by atoms with van der Waals surface area (Å²) in [5.74, 6) is -14.1. The summed E-state index contributed by atoms with van der Waals surface area (Å²) in [5, 5.41) is 37.4. The molecule has 5 atom stereocenters. The van der Waals surface area contributed by atoms with Crippen LogP contribution in [0.1, 0.15) is 64.5 Å². The monoisotopic (exact) mass is 1910 g/mol. The Morgan fingerprint density at radius 1 is 0.403 bits per heavy atom. The standard InChI is InChI=1S/2C32H24ClF5N4O4.C31H25ClF2N4O4/c2*1-45-31(44)26(12-18-5-7-22(29-20(18)3-2-8-40-29)21-6-4-17(15-39)11-23(21)33)41-30(43)28-24(34)13-19(14-25(28)35)42-9-10-46-16-27(42)32(36,37)38;1-41-31(40)27(37-30(39)28-25(33)15-20(16-26(28)34)38-9-11-42-12-10-38)14-19-5-7-23(29-21(19)3-2-8-36-29)22-6-4-18(17-35)13-24(22)32/h2*2-8,11,13-14,26-27H,9-10,12,16H2,1H3,(H,41,43);2-8,13,15-16,27H,9-12,14H2,1H3,(H,37,39)/t26-,27?;26-,27+;27-/m000/s1. The number of carbonyl (C=O) groups excluding carboxylic acids is 6. The number of esters is 3. The molecule has 3 aliphatic rings. The van der Waals surface area contributed by atoms with Crippen molar-refractivity contribution in [2.24, 2.45) is 0 Å². The Labute approximate surface area is 770 Å². The van der Waals surface area contributed by atoms with Crippen LogP contribution in [-0.2, 0) is 62.1 Å². The molecule has 3 saturated heterocycles. The van der Waals surface area contributed by atoms with Crippen molar-refractivity contribution in [1.29, 1.82) is 15.8 Å². The minimum atomic E-state index is -4.73. The van der Waals surface area contributed by atoms with Gasteiger partial charge in [-0.1, -0.05) is 108 Å². The number of rotatable bonds is 21. The van der Waals surface area contributed by atoms with Gasteiger partial charge < -0.3 is 59.1 Å². The predicted molar refractivity (Wildman–Crippen MR) is 470 cm³/mol. The van der Waals surface area contributed by atoms with Crippen molar-refractivity contribution in [3.8, 4) is 51.6 Å². The largest absolute Gasteiger partial charge is 0.467 e. The van der Waals surface area contributed by atoms with E-state index in [1.54, 1.807) is 139 Å². The van der Waals surface area contributed by atoms with Gasteiger partial charge in [-0.25, -0.2) is 40.7 Å². The van der Waals surface area contributed by atoms with E-state index < -0.39 is 154 Å². The van der Waals surface area contributed by atoms with Gasteiger partial charge in [-0.3, -0.25) is 29.3 Å². The quantitative estimate of drug-likeness (QED) is 0.0342. The molecular weight excluding hydrogens is 1840 g/mol. The smallest absolute Gasteiger partial charge is 0.411 e. The highest BCUT2D eigenvalue weighted by Crippen LogP contribution is 2.42. The summed E-state index contributed by atoms with van der Waals surface area (Å²) in [7, 11) is 3.31. The Morgan fingerprint density at radius 2 is 0.679 bits per heavy atom. The zero-order chi connectivity index (χ0) is 96.1. The van der Waals surface area contributed by atoms with E-state index in [2.05, 4.69) is 37.0 Å². The highest BCUT2D eigenvalue weighted by atomic mass is 35.5. The summed E-state index contributed by atoms with van der Waals surface area (Å²) >= 11 is 19.4. The third-order valence-corrected chi connectivity index (χ3v) is 23.1. The van der Waals surface area contributed by atoms with Crippen molar-refractivity contribution < 1.29 is 110 Å². The van der Waals surface area contributed by atoms with Crippen molar-refractivity contribution in [2.45, 2.75) is 61.8 Å². The van der Waals surface area contributed by atoms with E-state index in [9.17, 15) is 70.9 Å². The number of halogens is 15. The molecule has 690 valence electrons. The van der Waals surface area contributed by atoms with E-state index in [0.717, 1.165) is 43.3 Å². The van der Waals surface area contributed by atoms with Crippen LogP contribution in [0.4, 0.5) is 69.7 Å². The Hall–Kier alpha value is -14.2. The maximum atomic E-state index is 15.2. The first-order chi connectivity index (χ1) is 64.1. The van der Waals surface area contributed by atoms with Crippen molar-refractivity contribution in [3.05, 3.63) is 282 Å². The number of hydrogen-bond donors (Lipinski definition) is 3. The molecule has 9 aromatic carbocycles. The Kier molecular flexibility index (Phi) is 30.9. The zero-order valence-electron chi connectivity index (χ0n) is 70.5. The predicted octanol–water partition coefficient (Wildman–Crippen LogP) is 17.0. The molecular formula is C95H73Cl3F12N12O12. The minimum absolute atomic E-state index is 0.0446. The highest BCUT2D eigenvalue weighted by molar-refractivity contribution is 6.35. The SMILES string of the molecule is COC(=O)[C@H](Cc1ccc(-c2ccc(C#N)cc2Cl)c2ncccc12)NC(=O)c1c(F)cc(N2CCOCC2)cc1F.COC(=O)[C@H](Cc1ccc(-c2ccc(C#N)cc2Cl)c2ncccc12)NC(=O)c1c(F)cc(N2CCOCC2C(F)(F)F)cc1F.COC(=O)[C@H](Cc1ccc(-c2ccc(C#N)cc2Cl)c2ncccc12)NC(=O)c1c(F)cc(N2CCOC[C@@H]2C(F)(F)F)cc1F. The average Bonchev–Trinajstić information content (AvgIpc) is 0.777. The average molecular weight is 1910 g/mol. The van der Waals surface area contributed by atoms with E-state index in [4.69, 9.17) is 63.2 Å². The molecule has 1 unspecified atom stereocenters. The fraction of sp³-hybridized carbons (Fsp3) is 0.242. The molecule has 3 aromatic heterocycles. The fourth-order valence-corrected chi connectivity index (χ4v) is 16.5. The first-order valence-corrected chi connectivity index (χ1v) is 41.8. The van der Waals surface area contributed by atoms with Crippen LogP contribution in [0.3, 0.4) is 0 Å². The molecule has 0 spiro atoms. The van der Waals surface area contributed by atoms with Crippen LogP contribution in [-0.4, -0.2) is 180 Å². The number of nitriles is 3. The molecule has 12 aromatic rings. The summed E-state index contributed by atoms with van der Waals surface area (Å²) in [6.45, 7) is -0.397. The number of hydrogen-bond acceptors (Lipinski definition) is 21. The lowest BCUT2D eigenvalue weighted by molar-refractivity contribution is -0.167. The molecule has 3 fully saturated rings. The van der Waals surface area contributed by atoms with E-state index in [1.165, 1.54) is 12.1 Å². The molecule has 15 rings (SSSR count). The van der Waals surface area contributed by atoms with Gasteiger partial charge in [-0.2, -0.15) is 42.1 Å². The van der Waals surface area contributed by atoms with E-state index in [1.807, 2.05) is 12.1 Å². The number of nitrogens with zero attached hydrogens (tertiary/aromatic N) is 9. The fourth-order valence-electron chi connectivity index (χ4n) is 15.7. The van der Waals surface area contributed by atoms with Crippen LogP contribution in [0.2, 0.25) is 15.1 Å². The number of alkyl halides is 6. The van der Waals surface area contributed by atoms with Crippen LogP contribution in [0.5, 0.6) is 0 Å². The van der Waals surface area contributed by atoms with Gasteiger partial charge in [0.1, 0.15) is 81.8 Å². The second-order valence-corrected chi connectivity index (χ2v) is 31.5. The Morgan fingerprint density at radius 3 is 0.948 bits per heavy atom. The van der Waals surface area contributed by atoms with Crippen molar-refractivity contribution in [3.63, 3.8) is 0 Å². The number of methoxy groups -OCH3 is 3. The number of ether oxygens (including phenoxy) is 6. The molecule has 0 bridgehead atoms. The van der Waals surface area contributed by atoms with Crippen molar-refractivity contribution in [1.82, 2.24) is 30.9 Å². The van der Waals surface area contributed by atoms with Crippen LogP contribution in [0.15, 0.2) is 182 Å². The van der Waals surface area contributed by atoms with E-state index in [0.29, 0.717) is 171 Å². The number of pyridine rings is 3. The number of amides is 3. The van der Waals surface area contributed by atoms with Crippen molar-refractivity contribution in [2.75, 3.05) is 102 Å². The first-order valence-electron chi connectivity index (χ1n) is 40.6. The van der Waals surface area contributed by atoms with Crippen LogP contribution < -0.4 is 30.7 Å². The zero-order valence-corrected chi connectivity index (χ0v) is 72.8. The maximum absolute atomic E-state index is 15.2. The van der Waals surface area contributed by atoms with Gasteiger partial charge in [-0.05, 0) is 108 Å². The van der Waals surface area contributed by atoms with Gasteiger partial charge in [-0.15, -0.1) is 0 Å². The van der Waals surface area contributed by atoms with Gasteiger partial charge in [0.2, 0.25) is 0 Å². The lowest BCUT2D eigenvalue weighted by Crippen LogP contribution is -2.53. The summed E-state index contributed by atoms with van der Waals surface area (Å²) in [6.07, 6.45) is -5.15. The van der Waals surface area contributed by atoms with Crippen molar-refractivity contribution >= 4 is 120 Å². The number of carbonyl (C=O) groups is 6. The highest BCUT2D eigenvalue weighted by Gasteiger charge is 2.48. The number of benzene rings is 9. The van der Waals surface area contributed by atoms with Crippen LogP contribution in [0.25, 0.3) is 66.1 Å². The topological polar surface area (TPSA) is 314 Å². The van der Waals surface area contributed by atoms with Gasteiger partial charge >= 0.3 is 30.3 Å². The van der Waals surface area contributed by atoms with Gasteiger partial charge in [0.05, 0.1) is 112 Å². The summed E-state index contributed by atoms with van der Waals surface area (Å²) in [6, 6.07) is 37.6.